The molecular weight excluding hydrogens is 328 g/mol. The van der Waals surface area contributed by atoms with E-state index in [1.165, 1.54) is 0 Å². The van der Waals surface area contributed by atoms with Gasteiger partial charge in [-0.3, -0.25) is 4.79 Å². The third kappa shape index (κ3) is 3.08. The van der Waals surface area contributed by atoms with E-state index in [9.17, 15) is 4.79 Å². The maximum absolute atomic E-state index is 13.2. The van der Waals surface area contributed by atoms with Crippen LogP contribution in [-0.4, -0.2) is 45.1 Å². The lowest BCUT2D eigenvalue weighted by atomic mass is 10.1. The van der Waals surface area contributed by atoms with Crippen molar-refractivity contribution in [2.75, 3.05) is 19.7 Å². The van der Waals surface area contributed by atoms with Crippen LogP contribution in [0.3, 0.4) is 0 Å². The van der Waals surface area contributed by atoms with Gasteiger partial charge in [0.2, 0.25) is 0 Å². The van der Waals surface area contributed by atoms with Gasteiger partial charge in [-0.1, -0.05) is 30.3 Å². The molecule has 1 fully saturated rings. The van der Waals surface area contributed by atoms with Crippen molar-refractivity contribution < 1.29 is 9.53 Å². The number of hydrogen-bond acceptors (Lipinski definition) is 4. The van der Waals surface area contributed by atoms with Crippen LogP contribution in [0, 0.1) is 13.8 Å². The van der Waals surface area contributed by atoms with E-state index in [0.717, 1.165) is 23.4 Å². The molecule has 3 heterocycles. The summed E-state index contributed by atoms with van der Waals surface area (Å²) < 4.78 is 7.71. The molecule has 1 aliphatic rings. The Hall–Kier alpha value is -2.73. The van der Waals surface area contributed by atoms with Crippen LogP contribution in [0.4, 0.5) is 0 Å². The Kier molecular flexibility index (Phi) is 4.42. The molecule has 6 heteroatoms. The summed E-state index contributed by atoms with van der Waals surface area (Å²) in [6.45, 7) is 5.75. The van der Waals surface area contributed by atoms with Gasteiger partial charge in [0.15, 0.2) is 5.65 Å². The van der Waals surface area contributed by atoms with Crippen LogP contribution in [0.5, 0.6) is 0 Å². The summed E-state index contributed by atoms with van der Waals surface area (Å²) in [4.78, 5) is 19.6. The number of carbonyl (C=O) groups excluding carboxylic acids is 1. The van der Waals surface area contributed by atoms with Gasteiger partial charge in [0.1, 0.15) is 11.7 Å². The minimum atomic E-state index is -0.110. The summed E-state index contributed by atoms with van der Waals surface area (Å²) >= 11 is 0. The second-order valence-corrected chi connectivity index (χ2v) is 6.71. The molecule has 1 amide bonds. The first-order valence-electron chi connectivity index (χ1n) is 8.91. The number of carbonyl (C=O) groups is 1. The van der Waals surface area contributed by atoms with E-state index in [4.69, 9.17) is 4.74 Å². The molecule has 1 aromatic carbocycles. The van der Waals surface area contributed by atoms with Crippen molar-refractivity contribution in [1.29, 1.82) is 0 Å². The lowest BCUT2D eigenvalue weighted by Gasteiger charge is -2.24. The third-order valence-corrected chi connectivity index (χ3v) is 4.74. The van der Waals surface area contributed by atoms with Crippen LogP contribution >= 0.6 is 0 Å². The standard InChI is InChI=1S/C20H22N4O2/c1-14-11-15(2)24-19(22-14)17(12-21-24)20(25)23-9-6-10-26-18(13-23)16-7-4-3-5-8-16/h3-5,7-8,11-12,18H,6,9-10,13H2,1-2H3. The minimum Gasteiger partial charge on any atom is -0.372 e. The van der Waals surface area contributed by atoms with Crippen LogP contribution in [0.2, 0.25) is 0 Å². The molecule has 1 unspecified atom stereocenters. The van der Waals surface area contributed by atoms with Crippen molar-refractivity contribution >= 4 is 11.6 Å². The van der Waals surface area contributed by atoms with Gasteiger partial charge in [-0.2, -0.15) is 5.10 Å². The number of rotatable bonds is 2. The molecule has 1 saturated heterocycles. The number of nitrogens with zero attached hydrogens (tertiary/aromatic N) is 4. The van der Waals surface area contributed by atoms with Crippen molar-refractivity contribution in [3.8, 4) is 0 Å². The summed E-state index contributed by atoms with van der Waals surface area (Å²) in [5.74, 6) is -0.0380. The average molecular weight is 350 g/mol. The highest BCUT2D eigenvalue weighted by Crippen LogP contribution is 2.23. The number of aryl methyl sites for hydroxylation is 2. The van der Waals surface area contributed by atoms with Crippen LogP contribution < -0.4 is 0 Å². The van der Waals surface area contributed by atoms with E-state index in [-0.39, 0.29) is 12.0 Å². The Morgan fingerprint density at radius 2 is 2.04 bits per heavy atom. The summed E-state index contributed by atoms with van der Waals surface area (Å²) in [6, 6.07) is 12.0. The second kappa shape index (κ2) is 6.88. The SMILES string of the molecule is Cc1cc(C)n2ncc(C(=O)N3CCCOC(c4ccccc4)C3)c2n1. The van der Waals surface area contributed by atoms with Gasteiger partial charge in [0.25, 0.3) is 5.91 Å². The molecule has 0 aliphatic carbocycles. The van der Waals surface area contributed by atoms with E-state index in [2.05, 4.69) is 10.1 Å². The van der Waals surface area contributed by atoms with Gasteiger partial charge in [-0.15, -0.1) is 0 Å². The molecule has 2 aromatic heterocycles. The maximum Gasteiger partial charge on any atom is 0.259 e. The number of fused-ring (bicyclic) bond motifs is 1. The van der Waals surface area contributed by atoms with Crippen molar-refractivity contribution in [3.63, 3.8) is 0 Å². The van der Waals surface area contributed by atoms with Gasteiger partial charge in [0.05, 0.1) is 12.7 Å². The van der Waals surface area contributed by atoms with E-state index >= 15 is 0 Å². The molecule has 26 heavy (non-hydrogen) atoms. The highest BCUT2D eigenvalue weighted by atomic mass is 16.5. The normalized spacial score (nSPS) is 18.1. The molecule has 134 valence electrons. The highest BCUT2D eigenvalue weighted by molar-refractivity contribution is 5.99. The van der Waals surface area contributed by atoms with Crippen molar-refractivity contribution in [1.82, 2.24) is 19.5 Å². The molecule has 0 bridgehead atoms. The topological polar surface area (TPSA) is 59.7 Å². The first kappa shape index (κ1) is 16.7. The van der Waals surface area contributed by atoms with Gasteiger partial charge < -0.3 is 9.64 Å². The zero-order chi connectivity index (χ0) is 18.1. The molecule has 0 spiro atoms. The van der Waals surface area contributed by atoms with Gasteiger partial charge in [-0.25, -0.2) is 9.50 Å². The van der Waals surface area contributed by atoms with Gasteiger partial charge in [0, 0.05) is 24.5 Å². The van der Waals surface area contributed by atoms with Crippen LogP contribution in [0.15, 0.2) is 42.6 Å². The van der Waals surface area contributed by atoms with Gasteiger partial charge in [-0.05, 0) is 31.9 Å². The van der Waals surface area contributed by atoms with Crippen molar-refractivity contribution in [3.05, 3.63) is 65.1 Å². The van der Waals surface area contributed by atoms with E-state index in [0.29, 0.717) is 30.9 Å². The zero-order valence-corrected chi connectivity index (χ0v) is 15.1. The molecule has 1 aliphatic heterocycles. The van der Waals surface area contributed by atoms with Gasteiger partial charge >= 0.3 is 0 Å². The predicted octanol–water partition coefficient (Wildman–Crippen LogP) is 2.95. The number of hydrogen-bond donors (Lipinski definition) is 0. The third-order valence-electron chi connectivity index (χ3n) is 4.74. The lowest BCUT2D eigenvalue weighted by Crippen LogP contribution is -2.34. The number of benzene rings is 1. The molecule has 0 saturated carbocycles. The fourth-order valence-electron chi connectivity index (χ4n) is 3.47. The van der Waals surface area contributed by atoms with E-state index in [1.54, 1.807) is 10.7 Å². The molecule has 4 rings (SSSR count). The van der Waals surface area contributed by atoms with Crippen molar-refractivity contribution in [2.24, 2.45) is 0 Å². The summed E-state index contributed by atoms with van der Waals surface area (Å²) in [5, 5.41) is 4.35. The Morgan fingerprint density at radius 1 is 1.23 bits per heavy atom. The number of ether oxygens (including phenoxy) is 1. The Labute approximate surface area is 152 Å². The van der Waals surface area contributed by atoms with Crippen molar-refractivity contribution in [2.45, 2.75) is 26.4 Å². The maximum atomic E-state index is 13.2. The minimum absolute atomic E-state index is 0.0380. The first-order valence-corrected chi connectivity index (χ1v) is 8.91. The van der Waals surface area contributed by atoms with E-state index in [1.807, 2.05) is 55.1 Å². The van der Waals surface area contributed by atoms with E-state index < -0.39 is 0 Å². The molecule has 1 atom stereocenters. The Morgan fingerprint density at radius 3 is 2.85 bits per heavy atom. The Bertz CT molecular complexity index is 936. The Balaban J connectivity index is 1.65. The number of aromatic nitrogens is 3. The van der Waals surface area contributed by atoms with Crippen LogP contribution in [0.1, 0.15) is 39.8 Å². The largest absolute Gasteiger partial charge is 0.372 e. The fourth-order valence-corrected chi connectivity index (χ4v) is 3.47. The molecular formula is C20H22N4O2. The quantitative estimate of drug-likeness (QED) is 0.713. The fraction of sp³-hybridized carbons (Fsp3) is 0.350. The molecule has 3 aromatic rings. The summed E-state index contributed by atoms with van der Waals surface area (Å²) in [7, 11) is 0. The summed E-state index contributed by atoms with van der Waals surface area (Å²) in [6.07, 6.45) is 2.33. The molecule has 0 radical (unpaired) electrons. The van der Waals surface area contributed by atoms with Crippen LogP contribution in [0.25, 0.3) is 5.65 Å². The molecule has 0 N–H and O–H groups in total. The van der Waals surface area contributed by atoms with Crippen LogP contribution in [-0.2, 0) is 4.74 Å². The smallest absolute Gasteiger partial charge is 0.259 e. The number of amides is 1. The average Bonchev–Trinajstić information content (AvgIpc) is 2.91. The second-order valence-electron chi connectivity index (χ2n) is 6.71. The highest BCUT2D eigenvalue weighted by Gasteiger charge is 2.27. The summed E-state index contributed by atoms with van der Waals surface area (Å²) in [5.41, 5.74) is 4.11. The first-order chi connectivity index (χ1) is 12.6. The zero-order valence-electron chi connectivity index (χ0n) is 15.1. The predicted molar refractivity (Wildman–Crippen MR) is 98.1 cm³/mol. The molecule has 6 nitrogen and oxygen atoms in total. The lowest BCUT2D eigenvalue weighted by molar-refractivity contribution is 0.0473. The monoisotopic (exact) mass is 350 g/mol.